The standard InChI is InChI=1S/C31H25ClF3N5O4S/c1-15-9-20(28-27(37-15)22(14-45-28)30(42)43)19-11-18(32)5-6-24(19)44-8-7-40-16(2)38-23-10-17(13-39(3)4)26(31(33,34)35)21(12-36)25(23)29(40)41/h5-6,9-11,14H,7-8,13H2,1-4H3,(H,42,43). The predicted octanol–water partition coefficient (Wildman–Crippen LogP) is 6.67. The molecule has 45 heavy (non-hydrogen) atoms. The molecule has 0 bridgehead atoms. The first-order valence-electron chi connectivity index (χ1n) is 13.4. The number of aromatic nitrogens is 3. The SMILES string of the molecule is Cc1cc(-c2cc(Cl)ccc2OCCn2c(C)nc3cc(CN(C)C)c(C(F)(F)F)c(C#N)c3c2=O)c2scc(C(=O)O)c2n1. The van der Waals surface area contributed by atoms with Gasteiger partial charge in [0.2, 0.25) is 0 Å². The van der Waals surface area contributed by atoms with Crippen molar-refractivity contribution in [3.8, 4) is 22.9 Å². The highest BCUT2D eigenvalue weighted by atomic mass is 35.5. The molecule has 0 radical (unpaired) electrons. The van der Waals surface area contributed by atoms with Crippen molar-refractivity contribution in [3.05, 3.63) is 84.9 Å². The monoisotopic (exact) mass is 655 g/mol. The van der Waals surface area contributed by atoms with Crippen LogP contribution in [0.3, 0.4) is 0 Å². The van der Waals surface area contributed by atoms with Crippen LogP contribution in [0.4, 0.5) is 13.2 Å². The summed E-state index contributed by atoms with van der Waals surface area (Å²) < 4.78 is 50.4. The van der Waals surface area contributed by atoms with Crippen LogP contribution >= 0.6 is 22.9 Å². The summed E-state index contributed by atoms with van der Waals surface area (Å²) in [6.07, 6.45) is -4.87. The normalized spacial score (nSPS) is 11.8. The van der Waals surface area contributed by atoms with E-state index in [1.807, 2.05) is 0 Å². The molecule has 0 saturated carbocycles. The molecular formula is C31H25ClF3N5O4S. The Labute approximate surface area is 263 Å². The Morgan fingerprint density at radius 1 is 1.18 bits per heavy atom. The van der Waals surface area contributed by atoms with Crippen LogP contribution in [-0.4, -0.2) is 51.2 Å². The smallest absolute Gasteiger partial charge is 0.418 e. The van der Waals surface area contributed by atoms with Gasteiger partial charge >= 0.3 is 12.1 Å². The summed E-state index contributed by atoms with van der Waals surface area (Å²) in [5.74, 6) is -0.493. The molecule has 5 rings (SSSR count). The van der Waals surface area contributed by atoms with Crippen molar-refractivity contribution in [2.75, 3.05) is 20.7 Å². The first-order chi connectivity index (χ1) is 21.2. The molecule has 0 aliphatic heterocycles. The molecular weight excluding hydrogens is 631 g/mol. The maximum Gasteiger partial charge on any atom is 0.418 e. The molecule has 0 fully saturated rings. The maximum atomic E-state index is 14.2. The van der Waals surface area contributed by atoms with Gasteiger partial charge in [-0.25, -0.2) is 9.78 Å². The van der Waals surface area contributed by atoms with Crippen molar-refractivity contribution < 1.29 is 27.8 Å². The number of nitrogens with zero attached hydrogens (tertiary/aromatic N) is 5. The number of rotatable bonds is 8. The number of alkyl halides is 3. The molecule has 0 spiro atoms. The molecule has 0 unspecified atom stereocenters. The lowest BCUT2D eigenvalue weighted by molar-refractivity contribution is -0.138. The average molecular weight is 656 g/mol. The van der Waals surface area contributed by atoms with Gasteiger partial charge in [0.15, 0.2) is 0 Å². The summed E-state index contributed by atoms with van der Waals surface area (Å²) in [6, 6.07) is 9.53. The molecule has 3 heterocycles. The second-order valence-electron chi connectivity index (χ2n) is 10.6. The highest BCUT2D eigenvalue weighted by molar-refractivity contribution is 7.18. The molecule has 3 aromatic heterocycles. The highest BCUT2D eigenvalue weighted by Gasteiger charge is 2.38. The number of nitriles is 1. The van der Waals surface area contributed by atoms with Crippen LogP contribution in [-0.2, 0) is 19.3 Å². The van der Waals surface area contributed by atoms with Gasteiger partial charge in [0.1, 0.15) is 24.3 Å². The van der Waals surface area contributed by atoms with Crippen molar-refractivity contribution in [3.63, 3.8) is 0 Å². The lowest BCUT2D eigenvalue weighted by atomic mass is 9.96. The van der Waals surface area contributed by atoms with E-state index in [-0.39, 0.29) is 42.2 Å². The summed E-state index contributed by atoms with van der Waals surface area (Å²) in [6.45, 7) is 3.01. The van der Waals surface area contributed by atoms with Crippen molar-refractivity contribution in [2.24, 2.45) is 0 Å². The van der Waals surface area contributed by atoms with E-state index in [0.29, 0.717) is 37.8 Å². The lowest BCUT2D eigenvalue weighted by Gasteiger charge is -2.20. The van der Waals surface area contributed by atoms with Crippen LogP contribution in [0.15, 0.2) is 40.5 Å². The number of aryl methyl sites for hydroxylation is 2. The van der Waals surface area contributed by atoms with Crippen LogP contribution < -0.4 is 10.3 Å². The van der Waals surface area contributed by atoms with Crippen molar-refractivity contribution in [1.29, 1.82) is 5.26 Å². The number of benzene rings is 2. The Balaban J connectivity index is 1.55. The second kappa shape index (κ2) is 12.1. The zero-order chi connectivity index (χ0) is 32.8. The summed E-state index contributed by atoms with van der Waals surface area (Å²) >= 11 is 7.55. The van der Waals surface area contributed by atoms with E-state index in [1.54, 1.807) is 58.3 Å². The van der Waals surface area contributed by atoms with Gasteiger partial charge in [-0.1, -0.05) is 11.6 Å². The number of hydrogen-bond donors (Lipinski definition) is 1. The quantitative estimate of drug-likeness (QED) is 0.197. The number of carboxylic acid groups (broad SMARTS) is 1. The molecule has 0 saturated heterocycles. The summed E-state index contributed by atoms with van der Waals surface area (Å²) in [5, 5.41) is 20.9. The van der Waals surface area contributed by atoms with Crippen molar-refractivity contribution in [2.45, 2.75) is 33.1 Å². The average Bonchev–Trinajstić information content (AvgIpc) is 3.37. The first-order valence-corrected chi connectivity index (χ1v) is 14.7. The van der Waals surface area contributed by atoms with E-state index in [4.69, 9.17) is 16.3 Å². The van der Waals surface area contributed by atoms with Crippen LogP contribution in [0.2, 0.25) is 5.02 Å². The van der Waals surface area contributed by atoms with Crippen LogP contribution in [0, 0.1) is 25.2 Å². The highest BCUT2D eigenvalue weighted by Crippen LogP contribution is 2.41. The van der Waals surface area contributed by atoms with Gasteiger partial charge in [0, 0.05) is 33.8 Å². The Morgan fingerprint density at radius 3 is 2.56 bits per heavy atom. The summed E-state index contributed by atoms with van der Waals surface area (Å²) in [7, 11) is 3.21. The fourth-order valence-corrected chi connectivity index (χ4v) is 6.47. The number of halogens is 4. The third kappa shape index (κ3) is 6.09. The predicted molar refractivity (Wildman–Crippen MR) is 165 cm³/mol. The lowest BCUT2D eigenvalue weighted by Crippen LogP contribution is -2.28. The van der Waals surface area contributed by atoms with Crippen LogP contribution in [0.25, 0.3) is 32.2 Å². The first kappa shape index (κ1) is 31.9. The van der Waals surface area contributed by atoms with E-state index in [9.17, 15) is 33.1 Å². The molecule has 0 amide bonds. The Bertz CT molecular complexity index is 2100. The van der Waals surface area contributed by atoms with Gasteiger partial charge in [-0.2, -0.15) is 18.4 Å². The number of hydrogen-bond acceptors (Lipinski definition) is 8. The number of thiophene rings is 1. The summed E-state index contributed by atoms with van der Waals surface area (Å²) in [4.78, 5) is 35.7. The van der Waals surface area contributed by atoms with E-state index in [0.717, 1.165) is 0 Å². The molecule has 1 N–H and O–H groups in total. The van der Waals surface area contributed by atoms with Gasteiger partial charge < -0.3 is 14.7 Å². The van der Waals surface area contributed by atoms with E-state index >= 15 is 0 Å². The molecule has 232 valence electrons. The van der Waals surface area contributed by atoms with Gasteiger partial charge in [0.05, 0.1) is 44.4 Å². The van der Waals surface area contributed by atoms with E-state index in [1.165, 1.54) is 32.3 Å². The Hall–Kier alpha value is -4.51. The minimum atomic E-state index is -4.87. The molecule has 2 aromatic carbocycles. The topological polar surface area (TPSA) is 121 Å². The van der Waals surface area contributed by atoms with Crippen LogP contribution in [0.5, 0.6) is 5.75 Å². The molecule has 5 aromatic rings. The number of aromatic carboxylic acids is 1. The van der Waals surface area contributed by atoms with Crippen LogP contribution in [0.1, 0.15) is 38.6 Å². The minimum absolute atomic E-state index is 0.00445. The fourth-order valence-electron chi connectivity index (χ4n) is 5.28. The zero-order valence-electron chi connectivity index (χ0n) is 24.4. The third-order valence-electron chi connectivity index (χ3n) is 7.09. The van der Waals surface area contributed by atoms with Gasteiger partial charge in [0.25, 0.3) is 5.56 Å². The molecule has 0 aliphatic rings. The van der Waals surface area contributed by atoms with Gasteiger partial charge in [-0.3, -0.25) is 14.3 Å². The van der Waals surface area contributed by atoms with E-state index in [2.05, 4.69) is 9.97 Å². The molecule has 14 heteroatoms. The third-order valence-corrected chi connectivity index (χ3v) is 8.33. The zero-order valence-corrected chi connectivity index (χ0v) is 26.0. The number of fused-ring (bicyclic) bond motifs is 2. The number of carboxylic acids is 1. The largest absolute Gasteiger partial charge is 0.491 e. The second-order valence-corrected chi connectivity index (χ2v) is 11.9. The Morgan fingerprint density at radius 2 is 1.91 bits per heavy atom. The molecule has 0 atom stereocenters. The summed E-state index contributed by atoms with van der Waals surface area (Å²) in [5.41, 5.74) is -0.659. The maximum absolute atomic E-state index is 14.2. The van der Waals surface area contributed by atoms with E-state index < -0.39 is 34.2 Å². The molecule has 9 nitrogen and oxygen atoms in total. The molecule has 0 aliphatic carbocycles. The van der Waals surface area contributed by atoms with Crippen molar-refractivity contribution >= 4 is 50.0 Å². The van der Waals surface area contributed by atoms with Gasteiger partial charge in [-0.15, -0.1) is 11.3 Å². The number of ether oxygens (including phenoxy) is 1. The number of pyridine rings is 1. The van der Waals surface area contributed by atoms with Gasteiger partial charge in [-0.05, 0) is 63.8 Å². The fraction of sp³-hybridized carbons (Fsp3) is 0.258. The Kier molecular flexibility index (Phi) is 8.59. The minimum Gasteiger partial charge on any atom is -0.491 e. The van der Waals surface area contributed by atoms with Crippen molar-refractivity contribution in [1.82, 2.24) is 19.4 Å². The number of carbonyl (C=O) groups is 1.